The van der Waals surface area contributed by atoms with Crippen molar-refractivity contribution in [3.8, 4) is 23.0 Å². The second kappa shape index (κ2) is 21.0. The standard InChI is InChI=1S/C38H33N9O22S4/c1-17(50)39-19-2-7-22(27(14-19)71(59,60)61)40-43-31-28(72(62,63)64)12-18-13-29(73(65,66)67)32(36(52)30(18)35(31)51)44-41-23-15-26(69-11-9-49)24(16-25(23)68-10-8-48)42-45-33-34(38(54)55)46-47(37(33)53)20-3-5-21(6-4-20)70(56,57)58/h2-7,12-16,33,48-49,51-52H,8-11H2,1H3,(H,39,50)(H,54,55)(H,56,57,58)(H,59,60,61)(H,62,63,64)(H,65,66,67)/b43-40+,44-41+,45-42+. The number of carboxylic acid groups (broad SMARTS) is 1. The molecule has 0 saturated heterocycles. The average molecular weight is 1100 g/mol. The number of carbonyl (C=O) groups excluding carboxylic acids is 2. The van der Waals surface area contributed by atoms with Crippen molar-refractivity contribution >= 4 is 115 Å². The van der Waals surface area contributed by atoms with Gasteiger partial charge in [0, 0.05) is 24.7 Å². The van der Waals surface area contributed by atoms with E-state index in [1.165, 1.54) is 0 Å². The van der Waals surface area contributed by atoms with Crippen molar-refractivity contribution in [1.82, 2.24) is 0 Å². The van der Waals surface area contributed by atoms with Crippen LogP contribution < -0.4 is 19.8 Å². The van der Waals surface area contributed by atoms with E-state index in [0.717, 1.165) is 61.5 Å². The summed E-state index contributed by atoms with van der Waals surface area (Å²) in [5, 5.41) is 79.3. The van der Waals surface area contributed by atoms with Gasteiger partial charge >= 0.3 is 5.97 Å². The second-order valence-electron chi connectivity index (χ2n) is 14.4. The van der Waals surface area contributed by atoms with Crippen LogP contribution in [0.5, 0.6) is 23.0 Å². The summed E-state index contributed by atoms with van der Waals surface area (Å²) in [5.74, 6) is -7.20. The number of ether oxygens (including phenoxy) is 2. The fourth-order valence-electron chi connectivity index (χ4n) is 6.35. The number of nitrogens with zero attached hydrogens (tertiary/aromatic N) is 8. The van der Waals surface area contributed by atoms with Crippen LogP contribution >= 0.6 is 0 Å². The van der Waals surface area contributed by atoms with Gasteiger partial charge in [-0.1, -0.05) is 0 Å². The first kappa shape index (κ1) is 54.3. The lowest BCUT2D eigenvalue weighted by Crippen LogP contribution is -2.33. The number of aromatic hydroxyl groups is 2. The van der Waals surface area contributed by atoms with Crippen molar-refractivity contribution in [3.63, 3.8) is 0 Å². The minimum absolute atomic E-state index is 0.158. The molecule has 2 amide bonds. The molecule has 10 N–H and O–H groups in total. The van der Waals surface area contributed by atoms with Crippen molar-refractivity contribution in [2.45, 2.75) is 32.5 Å². The number of benzene rings is 5. The molecule has 1 heterocycles. The number of amides is 2. The van der Waals surface area contributed by atoms with Crippen LogP contribution in [-0.2, 0) is 54.9 Å². The normalized spacial score (nSPS) is 14.7. The number of carbonyl (C=O) groups is 3. The van der Waals surface area contributed by atoms with Crippen LogP contribution in [0.2, 0.25) is 0 Å². The molecule has 0 spiro atoms. The number of carboxylic acids is 1. The number of phenols is 2. The van der Waals surface area contributed by atoms with Crippen molar-refractivity contribution in [2.24, 2.45) is 35.8 Å². The zero-order valence-corrected chi connectivity index (χ0v) is 39.6. The number of fused-ring (bicyclic) bond motifs is 1. The maximum absolute atomic E-state index is 13.4. The molecule has 0 saturated carbocycles. The van der Waals surface area contributed by atoms with Gasteiger partial charge in [0.1, 0.15) is 67.8 Å². The number of phenolic OH excluding ortho intramolecular Hbond substituents is 2. The quantitative estimate of drug-likeness (QED) is 0.0416. The highest BCUT2D eigenvalue weighted by atomic mass is 32.2. The Balaban J connectivity index is 1.49. The molecule has 0 aliphatic carbocycles. The molecule has 35 heteroatoms. The Labute approximate surface area is 409 Å². The summed E-state index contributed by atoms with van der Waals surface area (Å²) < 4.78 is 149. The van der Waals surface area contributed by atoms with Gasteiger partial charge in [0.15, 0.2) is 17.2 Å². The van der Waals surface area contributed by atoms with Crippen LogP contribution in [0.3, 0.4) is 0 Å². The van der Waals surface area contributed by atoms with Crippen molar-refractivity contribution < 1.29 is 101 Å². The molecule has 0 aromatic heterocycles. The maximum Gasteiger partial charge on any atom is 0.355 e. The predicted octanol–water partition coefficient (Wildman–Crippen LogP) is 3.71. The van der Waals surface area contributed by atoms with Crippen LogP contribution in [-0.4, -0.2) is 133 Å². The number of aliphatic carboxylic acids is 1. The van der Waals surface area contributed by atoms with Gasteiger partial charge in [0.05, 0.1) is 29.2 Å². The number of aliphatic hydroxyl groups excluding tert-OH is 2. The molecule has 6 rings (SSSR count). The number of azo groups is 3. The maximum atomic E-state index is 13.4. The molecule has 0 fully saturated rings. The van der Waals surface area contributed by atoms with E-state index in [0.29, 0.717) is 17.1 Å². The fraction of sp³-hybridized carbons (Fsp3) is 0.158. The number of rotatable bonds is 19. The first-order chi connectivity index (χ1) is 34.0. The summed E-state index contributed by atoms with van der Waals surface area (Å²) in [6.45, 7) is -1.28. The molecular weight excluding hydrogens is 1060 g/mol. The van der Waals surface area contributed by atoms with Gasteiger partial charge in [0.25, 0.3) is 46.4 Å². The molecule has 73 heavy (non-hydrogen) atoms. The molecule has 1 aliphatic rings. The zero-order valence-electron chi connectivity index (χ0n) is 36.3. The summed E-state index contributed by atoms with van der Waals surface area (Å²) in [6.07, 6.45) is 0. The SMILES string of the molecule is CC(=O)Nc1ccc(/N=N/c2c(S(=O)(=O)O)cc3cc(S(=O)(=O)O)c(/N=N/c4cc(OCCO)c(/N=N/C5C(=O)N(c6ccc(S(=O)(=O)O)cc6)N=C5C(=O)O)cc4OCCO)c(O)c3c2O)c(S(=O)(=O)O)c1. The Hall–Kier alpha value is -8.00. The van der Waals surface area contributed by atoms with Gasteiger partial charge in [0.2, 0.25) is 11.9 Å². The van der Waals surface area contributed by atoms with E-state index in [1.807, 2.05) is 0 Å². The van der Waals surface area contributed by atoms with E-state index >= 15 is 0 Å². The monoisotopic (exact) mass is 1100 g/mol. The lowest BCUT2D eigenvalue weighted by Gasteiger charge is -2.14. The van der Waals surface area contributed by atoms with Crippen molar-refractivity contribution in [1.29, 1.82) is 0 Å². The third-order valence-corrected chi connectivity index (χ3v) is 12.9. The topological polar surface area (TPSA) is 490 Å². The molecule has 0 bridgehead atoms. The molecule has 5 aromatic rings. The van der Waals surface area contributed by atoms with E-state index in [9.17, 15) is 91.8 Å². The summed E-state index contributed by atoms with van der Waals surface area (Å²) in [6, 6.07) is 7.34. The largest absolute Gasteiger partial charge is 0.505 e. The van der Waals surface area contributed by atoms with E-state index < -0.39 is 178 Å². The van der Waals surface area contributed by atoms with Gasteiger partial charge in [-0.15, -0.1) is 20.5 Å². The number of aliphatic hydroxyl groups is 2. The first-order valence-electron chi connectivity index (χ1n) is 19.6. The molecular formula is C38H33N9O22S4. The molecule has 1 aliphatic heterocycles. The highest BCUT2D eigenvalue weighted by Crippen LogP contribution is 2.51. The number of hydrazone groups is 1. The highest BCUT2D eigenvalue weighted by molar-refractivity contribution is 7.86. The predicted molar refractivity (Wildman–Crippen MR) is 245 cm³/mol. The molecule has 386 valence electrons. The van der Waals surface area contributed by atoms with Gasteiger partial charge in [-0.05, 0) is 60.0 Å². The van der Waals surface area contributed by atoms with Crippen LogP contribution in [0.25, 0.3) is 10.8 Å². The third kappa shape index (κ3) is 12.2. The van der Waals surface area contributed by atoms with Crippen molar-refractivity contribution in [3.05, 3.63) is 66.7 Å². The van der Waals surface area contributed by atoms with Crippen LogP contribution in [0.1, 0.15) is 6.92 Å². The van der Waals surface area contributed by atoms with Crippen LogP contribution in [0.4, 0.5) is 39.8 Å². The van der Waals surface area contributed by atoms with Gasteiger partial charge in [-0.3, -0.25) is 27.8 Å². The van der Waals surface area contributed by atoms with Crippen molar-refractivity contribution in [2.75, 3.05) is 36.8 Å². The van der Waals surface area contributed by atoms with E-state index in [1.54, 1.807) is 0 Å². The smallest absolute Gasteiger partial charge is 0.355 e. The minimum Gasteiger partial charge on any atom is -0.505 e. The Morgan fingerprint density at radius 2 is 1.15 bits per heavy atom. The van der Waals surface area contributed by atoms with E-state index in [-0.39, 0.29) is 11.4 Å². The summed E-state index contributed by atoms with van der Waals surface area (Å²) >= 11 is 0. The summed E-state index contributed by atoms with van der Waals surface area (Å²) in [4.78, 5) is 32.9. The Kier molecular flexibility index (Phi) is 15.6. The van der Waals surface area contributed by atoms with E-state index in [2.05, 4.69) is 41.1 Å². The fourth-order valence-corrected chi connectivity index (χ4v) is 8.79. The zero-order chi connectivity index (χ0) is 54.0. The highest BCUT2D eigenvalue weighted by Gasteiger charge is 2.41. The Morgan fingerprint density at radius 1 is 0.658 bits per heavy atom. The minimum atomic E-state index is -5.53. The van der Waals surface area contributed by atoms with Gasteiger partial charge < -0.3 is 40.3 Å². The molecule has 0 radical (unpaired) electrons. The molecule has 5 aromatic carbocycles. The molecule has 31 nitrogen and oxygen atoms in total. The van der Waals surface area contributed by atoms with Gasteiger partial charge in [-0.2, -0.15) is 54.0 Å². The number of hydrogen-bond acceptors (Lipinski definition) is 24. The molecule has 1 atom stereocenters. The third-order valence-electron chi connectivity index (χ3n) is 9.41. The Morgan fingerprint density at radius 3 is 1.60 bits per heavy atom. The second-order valence-corrected chi connectivity index (χ2v) is 20.0. The summed E-state index contributed by atoms with van der Waals surface area (Å²) in [5.41, 5.74) is -5.31. The number of hydrogen-bond donors (Lipinski definition) is 10. The number of nitrogens with one attached hydrogen (secondary N) is 1. The lowest BCUT2D eigenvalue weighted by atomic mass is 10.1. The average Bonchev–Trinajstić information content (AvgIpc) is 3.63. The summed E-state index contributed by atoms with van der Waals surface area (Å²) in [7, 11) is -20.9. The number of anilines is 2. The van der Waals surface area contributed by atoms with Crippen LogP contribution in [0.15, 0.2) is 122 Å². The Bertz CT molecular complexity index is 3700. The molecule has 1 unspecified atom stereocenters. The van der Waals surface area contributed by atoms with Gasteiger partial charge in [-0.25, -0.2) is 4.79 Å². The lowest BCUT2D eigenvalue weighted by molar-refractivity contribution is -0.130. The first-order valence-corrected chi connectivity index (χ1v) is 25.3. The van der Waals surface area contributed by atoms with E-state index in [4.69, 9.17) is 9.47 Å². The van der Waals surface area contributed by atoms with Crippen LogP contribution in [0, 0.1) is 0 Å².